The first-order chi connectivity index (χ1) is 7.20. The molecule has 0 aromatic heterocycles. The van der Waals surface area contributed by atoms with Crippen LogP contribution in [0.15, 0.2) is 0 Å². The van der Waals surface area contributed by atoms with E-state index in [0.717, 1.165) is 32.6 Å². The summed E-state index contributed by atoms with van der Waals surface area (Å²) < 4.78 is 5.36. The summed E-state index contributed by atoms with van der Waals surface area (Å²) in [5.41, 5.74) is 0. The molecule has 4 nitrogen and oxygen atoms in total. The van der Waals surface area contributed by atoms with E-state index in [0.29, 0.717) is 12.5 Å². The van der Waals surface area contributed by atoms with E-state index in [1.807, 2.05) is 0 Å². The summed E-state index contributed by atoms with van der Waals surface area (Å²) in [7, 11) is 3.59. The summed E-state index contributed by atoms with van der Waals surface area (Å²) in [5, 5.41) is 3.42. The van der Waals surface area contributed by atoms with Crippen LogP contribution < -0.4 is 5.32 Å². The van der Waals surface area contributed by atoms with E-state index in [2.05, 4.69) is 5.32 Å². The monoisotopic (exact) mass is 214 g/mol. The Bertz CT molecular complexity index is 189. The Labute approximate surface area is 92.0 Å². The molecule has 0 bridgehead atoms. The molecule has 0 radical (unpaired) electrons. The summed E-state index contributed by atoms with van der Waals surface area (Å²) in [6.07, 6.45) is 3.89. The fraction of sp³-hybridized carbons (Fsp3) is 0.909. The number of nitrogens with one attached hydrogen (secondary N) is 1. The second kappa shape index (κ2) is 6.80. The molecule has 1 aliphatic rings. The predicted molar refractivity (Wildman–Crippen MR) is 59.8 cm³/mol. The Morgan fingerprint density at radius 1 is 1.53 bits per heavy atom. The zero-order chi connectivity index (χ0) is 11.1. The first-order valence-electron chi connectivity index (χ1n) is 5.71. The van der Waals surface area contributed by atoms with Crippen LogP contribution in [0.2, 0.25) is 0 Å². The minimum absolute atomic E-state index is 0.205. The minimum Gasteiger partial charge on any atom is -0.380 e. The molecule has 0 aliphatic carbocycles. The van der Waals surface area contributed by atoms with Crippen molar-refractivity contribution in [3.63, 3.8) is 0 Å². The second-order valence-corrected chi connectivity index (χ2v) is 4.26. The van der Waals surface area contributed by atoms with Gasteiger partial charge >= 0.3 is 0 Å². The smallest absolute Gasteiger partial charge is 0.222 e. The topological polar surface area (TPSA) is 41.6 Å². The standard InChI is InChI=1S/C11H22N2O2/c1-13(2)11(14)6-3-7-12-10-5-4-8-15-9-10/h10,12H,3-9H2,1-2H3. The highest BCUT2D eigenvalue weighted by atomic mass is 16.5. The van der Waals surface area contributed by atoms with Gasteiger partial charge in [0, 0.05) is 33.2 Å². The molecular weight excluding hydrogens is 192 g/mol. The summed E-state index contributed by atoms with van der Waals surface area (Å²) in [6.45, 7) is 2.63. The van der Waals surface area contributed by atoms with Gasteiger partial charge < -0.3 is 15.0 Å². The zero-order valence-corrected chi connectivity index (χ0v) is 9.79. The van der Waals surface area contributed by atoms with Gasteiger partial charge in [0.25, 0.3) is 0 Å². The molecule has 0 aromatic carbocycles. The van der Waals surface area contributed by atoms with Gasteiger partial charge in [0.1, 0.15) is 0 Å². The molecule has 1 rings (SSSR count). The lowest BCUT2D eigenvalue weighted by Gasteiger charge is -2.23. The van der Waals surface area contributed by atoms with Gasteiger partial charge in [-0.2, -0.15) is 0 Å². The average molecular weight is 214 g/mol. The van der Waals surface area contributed by atoms with Crippen molar-refractivity contribution < 1.29 is 9.53 Å². The van der Waals surface area contributed by atoms with Crippen LogP contribution in [-0.2, 0) is 9.53 Å². The molecule has 1 amide bonds. The van der Waals surface area contributed by atoms with E-state index >= 15 is 0 Å². The molecule has 0 aromatic rings. The average Bonchev–Trinajstić information content (AvgIpc) is 2.25. The minimum atomic E-state index is 0.205. The van der Waals surface area contributed by atoms with Crippen molar-refractivity contribution in [2.24, 2.45) is 0 Å². The molecule has 4 heteroatoms. The van der Waals surface area contributed by atoms with Crippen molar-refractivity contribution in [1.29, 1.82) is 0 Å². The lowest BCUT2D eigenvalue weighted by Crippen LogP contribution is -2.37. The van der Waals surface area contributed by atoms with Crippen molar-refractivity contribution in [3.05, 3.63) is 0 Å². The molecule has 1 N–H and O–H groups in total. The van der Waals surface area contributed by atoms with E-state index in [-0.39, 0.29) is 5.91 Å². The molecule has 1 atom stereocenters. The number of hydrogen-bond acceptors (Lipinski definition) is 3. The van der Waals surface area contributed by atoms with Crippen molar-refractivity contribution in [3.8, 4) is 0 Å². The fourth-order valence-electron chi connectivity index (χ4n) is 1.67. The highest BCUT2D eigenvalue weighted by Crippen LogP contribution is 2.05. The highest BCUT2D eigenvalue weighted by molar-refractivity contribution is 5.75. The molecule has 1 unspecified atom stereocenters. The van der Waals surface area contributed by atoms with E-state index < -0.39 is 0 Å². The van der Waals surface area contributed by atoms with Crippen LogP contribution in [0.3, 0.4) is 0 Å². The van der Waals surface area contributed by atoms with Gasteiger partial charge in [0.2, 0.25) is 5.91 Å². The Morgan fingerprint density at radius 3 is 2.93 bits per heavy atom. The van der Waals surface area contributed by atoms with E-state index in [9.17, 15) is 4.79 Å². The number of carbonyl (C=O) groups excluding carboxylic acids is 1. The van der Waals surface area contributed by atoms with Crippen LogP contribution >= 0.6 is 0 Å². The van der Waals surface area contributed by atoms with E-state index in [4.69, 9.17) is 4.74 Å². The number of carbonyl (C=O) groups is 1. The van der Waals surface area contributed by atoms with E-state index in [1.165, 1.54) is 6.42 Å². The lowest BCUT2D eigenvalue weighted by atomic mass is 10.1. The quantitative estimate of drug-likeness (QED) is 0.682. The van der Waals surface area contributed by atoms with Gasteiger partial charge in [0.05, 0.1) is 6.61 Å². The second-order valence-electron chi connectivity index (χ2n) is 4.26. The van der Waals surface area contributed by atoms with Crippen molar-refractivity contribution in [2.45, 2.75) is 31.7 Å². The first kappa shape index (κ1) is 12.5. The molecule has 88 valence electrons. The fourth-order valence-corrected chi connectivity index (χ4v) is 1.67. The Balaban J connectivity index is 1.98. The Kier molecular flexibility index (Phi) is 5.65. The van der Waals surface area contributed by atoms with Gasteiger partial charge in [-0.3, -0.25) is 4.79 Å². The number of nitrogens with zero attached hydrogens (tertiary/aromatic N) is 1. The predicted octanol–water partition coefficient (Wildman–Crippen LogP) is 0.623. The van der Waals surface area contributed by atoms with Crippen LogP contribution in [-0.4, -0.2) is 50.7 Å². The summed E-state index contributed by atoms with van der Waals surface area (Å²) in [5.74, 6) is 0.205. The zero-order valence-electron chi connectivity index (χ0n) is 9.79. The number of hydrogen-bond donors (Lipinski definition) is 1. The molecule has 0 saturated carbocycles. The maximum atomic E-state index is 11.3. The lowest BCUT2D eigenvalue weighted by molar-refractivity contribution is -0.128. The number of ether oxygens (including phenoxy) is 1. The van der Waals surface area contributed by atoms with Crippen LogP contribution in [0.1, 0.15) is 25.7 Å². The Hall–Kier alpha value is -0.610. The maximum Gasteiger partial charge on any atom is 0.222 e. The Morgan fingerprint density at radius 2 is 2.33 bits per heavy atom. The third-order valence-electron chi connectivity index (χ3n) is 2.66. The van der Waals surface area contributed by atoms with Crippen LogP contribution in [0.4, 0.5) is 0 Å². The van der Waals surface area contributed by atoms with Crippen molar-refractivity contribution >= 4 is 5.91 Å². The molecule has 1 heterocycles. The highest BCUT2D eigenvalue weighted by Gasteiger charge is 2.12. The van der Waals surface area contributed by atoms with Gasteiger partial charge in [-0.25, -0.2) is 0 Å². The van der Waals surface area contributed by atoms with Crippen LogP contribution in [0.5, 0.6) is 0 Å². The van der Waals surface area contributed by atoms with Gasteiger partial charge in [0.15, 0.2) is 0 Å². The third kappa shape index (κ3) is 5.14. The summed E-state index contributed by atoms with van der Waals surface area (Å²) in [4.78, 5) is 12.9. The summed E-state index contributed by atoms with van der Waals surface area (Å²) >= 11 is 0. The van der Waals surface area contributed by atoms with E-state index in [1.54, 1.807) is 19.0 Å². The van der Waals surface area contributed by atoms with Gasteiger partial charge in [-0.1, -0.05) is 0 Å². The molecule has 1 aliphatic heterocycles. The number of amides is 1. The largest absolute Gasteiger partial charge is 0.380 e. The van der Waals surface area contributed by atoms with Crippen LogP contribution in [0.25, 0.3) is 0 Å². The van der Waals surface area contributed by atoms with Crippen molar-refractivity contribution in [1.82, 2.24) is 10.2 Å². The molecule has 1 saturated heterocycles. The SMILES string of the molecule is CN(C)C(=O)CCCNC1CCCOC1. The van der Waals surface area contributed by atoms with Crippen molar-refractivity contribution in [2.75, 3.05) is 33.9 Å². The van der Waals surface area contributed by atoms with Crippen LogP contribution in [0, 0.1) is 0 Å². The normalized spacial score (nSPS) is 21.3. The summed E-state index contributed by atoms with van der Waals surface area (Å²) in [6, 6.07) is 0.494. The van der Waals surface area contributed by atoms with Gasteiger partial charge in [-0.05, 0) is 25.8 Å². The molecule has 0 spiro atoms. The molecule has 15 heavy (non-hydrogen) atoms. The third-order valence-corrected chi connectivity index (χ3v) is 2.66. The van der Waals surface area contributed by atoms with Gasteiger partial charge in [-0.15, -0.1) is 0 Å². The maximum absolute atomic E-state index is 11.3. The first-order valence-corrected chi connectivity index (χ1v) is 5.71. The molecular formula is C11H22N2O2. The number of rotatable bonds is 5. The molecule has 1 fully saturated rings.